The van der Waals surface area contributed by atoms with E-state index in [-0.39, 0.29) is 17.6 Å². The third kappa shape index (κ3) is 4.02. The SMILES string of the molecule is Cc1cc(NC(=O)c2ccco2)sc1C(=O)NO[C@@H]1CCCCO1. The normalized spacial score (nSPS) is 17.5. The van der Waals surface area contributed by atoms with Gasteiger partial charge in [-0.25, -0.2) is 10.3 Å². The summed E-state index contributed by atoms with van der Waals surface area (Å²) >= 11 is 1.17. The van der Waals surface area contributed by atoms with E-state index in [1.807, 2.05) is 0 Å². The molecule has 0 bridgehead atoms. The molecule has 1 aliphatic heterocycles. The van der Waals surface area contributed by atoms with Gasteiger partial charge in [-0.15, -0.1) is 11.3 Å². The van der Waals surface area contributed by atoms with Gasteiger partial charge < -0.3 is 14.5 Å². The summed E-state index contributed by atoms with van der Waals surface area (Å²) in [6, 6.07) is 4.94. The van der Waals surface area contributed by atoms with Gasteiger partial charge in [0.25, 0.3) is 11.8 Å². The summed E-state index contributed by atoms with van der Waals surface area (Å²) in [5, 5.41) is 3.27. The van der Waals surface area contributed by atoms with E-state index < -0.39 is 6.29 Å². The highest BCUT2D eigenvalue weighted by molar-refractivity contribution is 7.18. The number of hydrogen-bond acceptors (Lipinski definition) is 6. The highest BCUT2D eigenvalue weighted by Gasteiger charge is 2.19. The highest BCUT2D eigenvalue weighted by Crippen LogP contribution is 2.27. The van der Waals surface area contributed by atoms with Crippen molar-refractivity contribution in [3.05, 3.63) is 40.7 Å². The number of hydroxylamine groups is 1. The number of thiophene rings is 1. The van der Waals surface area contributed by atoms with Crippen molar-refractivity contribution >= 4 is 28.2 Å². The van der Waals surface area contributed by atoms with Gasteiger partial charge in [-0.1, -0.05) is 0 Å². The Labute approximate surface area is 142 Å². The first-order valence-corrected chi connectivity index (χ1v) is 8.48. The zero-order chi connectivity index (χ0) is 16.9. The van der Waals surface area contributed by atoms with Crippen molar-refractivity contribution < 1.29 is 23.6 Å². The molecular formula is C16H18N2O5S. The van der Waals surface area contributed by atoms with Crippen LogP contribution in [0.4, 0.5) is 5.00 Å². The van der Waals surface area contributed by atoms with E-state index >= 15 is 0 Å². The number of hydrogen-bond donors (Lipinski definition) is 2. The van der Waals surface area contributed by atoms with Gasteiger partial charge >= 0.3 is 0 Å². The van der Waals surface area contributed by atoms with E-state index in [9.17, 15) is 9.59 Å². The molecule has 24 heavy (non-hydrogen) atoms. The fourth-order valence-corrected chi connectivity index (χ4v) is 3.27. The summed E-state index contributed by atoms with van der Waals surface area (Å²) < 4.78 is 10.4. The fraction of sp³-hybridized carbons (Fsp3) is 0.375. The second-order valence-corrected chi connectivity index (χ2v) is 6.45. The minimum Gasteiger partial charge on any atom is -0.459 e. The molecule has 0 saturated carbocycles. The third-order valence-electron chi connectivity index (χ3n) is 3.53. The molecule has 3 rings (SSSR count). The average molecular weight is 350 g/mol. The van der Waals surface area contributed by atoms with Crippen LogP contribution in [0.5, 0.6) is 0 Å². The summed E-state index contributed by atoms with van der Waals surface area (Å²) in [4.78, 5) is 29.9. The van der Waals surface area contributed by atoms with Crippen LogP contribution < -0.4 is 10.8 Å². The maximum absolute atomic E-state index is 12.2. The van der Waals surface area contributed by atoms with Crippen LogP contribution in [0.2, 0.25) is 0 Å². The summed E-state index contributed by atoms with van der Waals surface area (Å²) in [6.45, 7) is 2.44. The van der Waals surface area contributed by atoms with Crippen molar-refractivity contribution in [2.24, 2.45) is 0 Å². The number of nitrogens with one attached hydrogen (secondary N) is 2. The first-order valence-electron chi connectivity index (χ1n) is 7.66. The van der Waals surface area contributed by atoms with Crippen LogP contribution in [0.3, 0.4) is 0 Å². The van der Waals surface area contributed by atoms with Crippen LogP contribution in [0.1, 0.15) is 45.1 Å². The number of amides is 2. The van der Waals surface area contributed by atoms with Crippen LogP contribution in [0.15, 0.2) is 28.9 Å². The second-order valence-electron chi connectivity index (χ2n) is 5.40. The lowest BCUT2D eigenvalue weighted by molar-refractivity contribution is -0.186. The smallest absolute Gasteiger partial charge is 0.291 e. The van der Waals surface area contributed by atoms with Crippen molar-refractivity contribution in [2.45, 2.75) is 32.5 Å². The monoisotopic (exact) mass is 350 g/mol. The lowest BCUT2D eigenvalue weighted by Gasteiger charge is -2.21. The Kier molecular flexibility index (Phi) is 5.29. The molecule has 0 spiro atoms. The Balaban J connectivity index is 1.58. The van der Waals surface area contributed by atoms with Gasteiger partial charge in [0.15, 0.2) is 12.1 Å². The lowest BCUT2D eigenvalue weighted by atomic mass is 10.2. The molecule has 2 amide bonds. The van der Waals surface area contributed by atoms with Gasteiger partial charge in [0.2, 0.25) is 0 Å². The molecule has 128 valence electrons. The number of carbonyl (C=O) groups is 2. The Morgan fingerprint density at radius 2 is 2.21 bits per heavy atom. The number of carbonyl (C=O) groups excluding carboxylic acids is 2. The maximum Gasteiger partial charge on any atom is 0.291 e. The van der Waals surface area contributed by atoms with E-state index in [1.165, 1.54) is 17.6 Å². The topological polar surface area (TPSA) is 89.8 Å². The number of anilines is 1. The van der Waals surface area contributed by atoms with Crippen LogP contribution in [0.25, 0.3) is 0 Å². The Bertz CT molecular complexity index is 704. The molecule has 3 heterocycles. The van der Waals surface area contributed by atoms with Gasteiger partial charge in [-0.05, 0) is 43.5 Å². The third-order valence-corrected chi connectivity index (χ3v) is 4.68. The van der Waals surface area contributed by atoms with Crippen LogP contribution in [-0.2, 0) is 9.57 Å². The summed E-state index contributed by atoms with van der Waals surface area (Å²) in [5.41, 5.74) is 3.17. The molecule has 2 aromatic heterocycles. The van der Waals surface area contributed by atoms with Crippen molar-refractivity contribution in [3.8, 4) is 0 Å². The minimum atomic E-state index is -0.402. The zero-order valence-corrected chi connectivity index (χ0v) is 14.0. The Morgan fingerprint density at radius 1 is 1.33 bits per heavy atom. The molecule has 0 unspecified atom stereocenters. The van der Waals surface area contributed by atoms with Gasteiger partial charge in [-0.3, -0.25) is 9.59 Å². The van der Waals surface area contributed by atoms with E-state index in [2.05, 4.69) is 10.8 Å². The average Bonchev–Trinajstić information content (AvgIpc) is 3.23. The summed E-state index contributed by atoms with van der Waals surface area (Å²) in [5.74, 6) is -0.505. The summed E-state index contributed by atoms with van der Waals surface area (Å²) in [6.07, 6.45) is 3.81. The number of furan rings is 1. The fourth-order valence-electron chi connectivity index (χ4n) is 2.32. The van der Waals surface area contributed by atoms with Gasteiger partial charge in [-0.2, -0.15) is 0 Å². The quantitative estimate of drug-likeness (QED) is 0.809. The molecule has 0 aliphatic carbocycles. The predicted molar refractivity (Wildman–Crippen MR) is 87.9 cm³/mol. The van der Waals surface area contributed by atoms with Crippen molar-refractivity contribution in [1.82, 2.24) is 5.48 Å². The second kappa shape index (κ2) is 7.61. The molecular weight excluding hydrogens is 332 g/mol. The van der Waals surface area contributed by atoms with Crippen LogP contribution >= 0.6 is 11.3 Å². The van der Waals surface area contributed by atoms with Crippen LogP contribution in [-0.4, -0.2) is 24.7 Å². The maximum atomic E-state index is 12.2. The molecule has 8 heteroatoms. The standard InChI is InChI=1S/C16H18N2O5S/c1-10-9-12(17-15(19)11-5-4-8-21-11)24-14(10)16(20)18-23-13-6-2-3-7-22-13/h4-5,8-9,13H,2-3,6-7H2,1H3,(H,17,19)(H,18,20)/t13-/m1/s1. The van der Waals surface area contributed by atoms with Crippen molar-refractivity contribution in [3.63, 3.8) is 0 Å². The van der Waals surface area contributed by atoms with Crippen molar-refractivity contribution in [2.75, 3.05) is 11.9 Å². The van der Waals surface area contributed by atoms with Crippen molar-refractivity contribution in [1.29, 1.82) is 0 Å². The van der Waals surface area contributed by atoms with Gasteiger partial charge in [0, 0.05) is 13.0 Å². The summed E-state index contributed by atoms with van der Waals surface area (Å²) in [7, 11) is 0. The largest absolute Gasteiger partial charge is 0.459 e. The van der Waals surface area contributed by atoms with Gasteiger partial charge in [0.05, 0.1) is 16.1 Å². The minimum absolute atomic E-state index is 0.213. The number of ether oxygens (including phenoxy) is 1. The first-order chi connectivity index (χ1) is 11.6. The lowest BCUT2D eigenvalue weighted by Crippen LogP contribution is -2.33. The molecule has 2 aromatic rings. The Morgan fingerprint density at radius 3 is 2.92 bits per heavy atom. The van der Waals surface area contributed by atoms with Gasteiger partial charge in [0.1, 0.15) is 0 Å². The van der Waals surface area contributed by atoms with Crippen LogP contribution in [0, 0.1) is 6.92 Å². The van der Waals surface area contributed by atoms with E-state index in [4.69, 9.17) is 14.0 Å². The predicted octanol–water partition coefficient (Wildman–Crippen LogP) is 3.09. The number of aryl methyl sites for hydroxylation is 1. The van der Waals surface area contributed by atoms with E-state index in [1.54, 1.807) is 25.1 Å². The molecule has 7 nitrogen and oxygen atoms in total. The zero-order valence-electron chi connectivity index (χ0n) is 13.2. The molecule has 1 aliphatic rings. The Hall–Kier alpha value is -2.16. The van der Waals surface area contributed by atoms with E-state index in [0.717, 1.165) is 24.8 Å². The molecule has 1 fully saturated rings. The number of rotatable bonds is 5. The molecule has 0 aromatic carbocycles. The highest BCUT2D eigenvalue weighted by atomic mass is 32.1. The molecule has 1 atom stereocenters. The molecule has 2 N–H and O–H groups in total. The first kappa shape index (κ1) is 16.7. The molecule has 1 saturated heterocycles. The van der Waals surface area contributed by atoms with E-state index in [0.29, 0.717) is 16.5 Å². The molecule has 0 radical (unpaired) electrons.